The largest absolute Gasteiger partial charge is 0.479 e. The molecule has 27 heavy (non-hydrogen) atoms. The van der Waals surface area contributed by atoms with Gasteiger partial charge in [0.2, 0.25) is 0 Å². The van der Waals surface area contributed by atoms with Crippen LogP contribution in [-0.2, 0) is 28.5 Å². The van der Waals surface area contributed by atoms with Crippen molar-refractivity contribution < 1.29 is 38.4 Å². The summed E-state index contributed by atoms with van der Waals surface area (Å²) in [5.74, 6) is -2.33. The average molecular weight is 389 g/mol. The second-order valence-electron chi connectivity index (χ2n) is 7.31. The number of nitrogens with one attached hydrogen (secondary N) is 1. The van der Waals surface area contributed by atoms with Gasteiger partial charge in [-0.1, -0.05) is 0 Å². The first-order valence-electron chi connectivity index (χ1n) is 9.23. The molecule has 0 saturated carbocycles. The molecule has 0 bridgehead atoms. The van der Waals surface area contributed by atoms with Crippen LogP contribution < -0.4 is 5.32 Å². The molecule has 1 atom stereocenters. The maximum atomic E-state index is 12.4. The van der Waals surface area contributed by atoms with E-state index in [9.17, 15) is 19.5 Å². The summed E-state index contributed by atoms with van der Waals surface area (Å²) in [4.78, 5) is 36.1. The number of amides is 1. The molecule has 1 rings (SSSR count). The number of ether oxygens (including phenoxy) is 4. The molecule has 156 valence electrons. The molecular formula is C18H31NO8. The Labute approximate surface area is 159 Å². The summed E-state index contributed by atoms with van der Waals surface area (Å²) in [6.45, 7) is 7.90. The second-order valence-corrected chi connectivity index (χ2v) is 7.31. The lowest BCUT2D eigenvalue weighted by atomic mass is 9.96. The van der Waals surface area contributed by atoms with Crippen molar-refractivity contribution in [3.63, 3.8) is 0 Å². The second kappa shape index (κ2) is 10.5. The molecule has 0 aliphatic carbocycles. The van der Waals surface area contributed by atoms with Crippen LogP contribution in [0.4, 0.5) is 4.79 Å². The third-order valence-electron chi connectivity index (χ3n) is 3.86. The summed E-state index contributed by atoms with van der Waals surface area (Å²) in [5, 5.41) is 12.3. The van der Waals surface area contributed by atoms with Crippen LogP contribution in [0.3, 0.4) is 0 Å². The number of carbonyl (C=O) groups excluding carboxylic acids is 2. The third kappa shape index (κ3) is 7.72. The molecular weight excluding hydrogens is 358 g/mol. The summed E-state index contributed by atoms with van der Waals surface area (Å²) >= 11 is 0. The Hall–Kier alpha value is -1.87. The molecule has 1 unspecified atom stereocenters. The number of alkyl carbamates (subject to hydrolysis) is 1. The number of rotatable bonds is 9. The van der Waals surface area contributed by atoms with Gasteiger partial charge in [0.15, 0.2) is 0 Å². The van der Waals surface area contributed by atoms with Gasteiger partial charge in [-0.2, -0.15) is 0 Å². The van der Waals surface area contributed by atoms with E-state index in [-0.39, 0.29) is 26.0 Å². The van der Waals surface area contributed by atoms with Crippen molar-refractivity contribution in [2.75, 3.05) is 26.4 Å². The highest BCUT2D eigenvalue weighted by molar-refractivity contribution is 6.02. The SMILES string of the molecule is CCOC(=O)C(CCCNC(=O)OC(C)(C)C)(OC1CCOCC1)C(=O)O. The first kappa shape index (κ1) is 23.2. The Kier molecular flexibility index (Phi) is 8.98. The smallest absolute Gasteiger partial charge is 0.407 e. The summed E-state index contributed by atoms with van der Waals surface area (Å²) in [6, 6.07) is 0. The fourth-order valence-electron chi connectivity index (χ4n) is 2.62. The van der Waals surface area contributed by atoms with Crippen molar-refractivity contribution in [3.8, 4) is 0 Å². The van der Waals surface area contributed by atoms with Crippen molar-refractivity contribution in [3.05, 3.63) is 0 Å². The van der Waals surface area contributed by atoms with Gasteiger partial charge in [0.25, 0.3) is 5.60 Å². The van der Waals surface area contributed by atoms with Crippen LogP contribution >= 0.6 is 0 Å². The topological polar surface area (TPSA) is 120 Å². The van der Waals surface area contributed by atoms with E-state index in [0.717, 1.165) is 0 Å². The average Bonchev–Trinajstić information content (AvgIpc) is 2.57. The number of hydrogen-bond donors (Lipinski definition) is 2. The van der Waals surface area contributed by atoms with Crippen LogP contribution in [0.2, 0.25) is 0 Å². The minimum absolute atomic E-state index is 0.0428. The van der Waals surface area contributed by atoms with E-state index in [1.54, 1.807) is 27.7 Å². The zero-order valence-corrected chi connectivity index (χ0v) is 16.5. The molecule has 0 aromatic rings. The summed E-state index contributed by atoms with van der Waals surface area (Å²) in [7, 11) is 0. The predicted octanol–water partition coefficient (Wildman–Crippen LogP) is 1.87. The predicted molar refractivity (Wildman–Crippen MR) is 95.4 cm³/mol. The highest BCUT2D eigenvalue weighted by Gasteiger charge is 2.50. The molecule has 9 nitrogen and oxygen atoms in total. The third-order valence-corrected chi connectivity index (χ3v) is 3.86. The van der Waals surface area contributed by atoms with Gasteiger partial charge in [0.05, 0.1) is 12.7 Å². The number of esters is 1. The van der Waals surface area contributed by atoms with E-state index in [2.05, 4.69) is 5.32 Å². The lowest BCUT2D eigenvalue weighted by molar-refractivity contribution is -0.200. The maximum absolute atomic E-state index is 12.4. The molecule has 1 aliphatic heterocycles. The summed E-state index contributed by atoms with van der Waals surface area (Å²) < 4.78 is 21.1. The minimum Gasteiger partial charge on any atom is -0.479 e. The van der Waals surface area contributed by atoms with E-state index in [0.29, 0.717) is 26.1 Å². The molecule has 9 heteroatoms. The molecule has 1 saturated heterocycles. The molecule has 0 radical (unpaired) electrons. The monoisotopic (exact) mass is 389 g/mol. The molecule has 1 heterocycles. The van der Waals surface area contributed by atoms with Crippen molar-refractivity contribution >= 4 is 18.0 Å². The highest BCUT2D eigenvalue weighted by atomic mass is 16.6. The first-order valence-corrected chi connectivity index (χ1v) is 9.23. The zero-order chi connectivity index (χ0) is 20.5. The van der Waals surface area contributed by atoms with Gasteiger partial charge >= 0.3 is 18.0 Å². The molecule has 1 aliphatic rings. The quantitative estimate of drug-likeness (QED) is 0.348. The molecule has 2 N–H and O–H groups in total. The summed E-state index contributed by atoms with van der Waals surface area (Å²) in [6.07, 6.45) is 0.0693. The first-order chi connectivity index (χ1) is 12.6. The van der Waals surface area contributed by atoms with Crippen LogP contribution in [0.5, 0.6) is 0 Å². The van der Waals surface area contributed by atoms with Crippen LogP contribution in [-0.4, -0.2) is 66.8 Å². The Balaban J connectivity index is 2.73. The molecule has 1 fully saturated rings. The van der Waals surface area contributed by atoms with Crippen LogP contribution in [0.1, 0.15) is 53.4 Å². The molecule has 0 aromatic heterocycles. The fourth-order valence-corrected chi connectivity index (χ4v) is 2.62. The normalized spacial score (nSPS) is 17.6. The zero-order valence-electron chi connectivity index (χ0n) is 16.5. The van der Waals surface area contributed by atoms with E-state index in [4.69, 9.17) is 18.9 Å². The number of carbonyl (C=O) groups is 3. The number of hydrogen-bond acceptors (Lipinski definition) is 7. The van der Waals surface area contributed by atoms with E-state index >= 15 is 0 Å². The Morgan fingerprint density at radius 3 is 2.33 bits per heavy atom. The van der Waals surface area contributed by atoms with Gasteiger partial charge in [-0.3, -0.25) is 0 Å². The van der Waals surface area contributed by atoms with Crippen molar-refractivity contribution in [1.29, 1.82) is 0 Å². The lowest BCUT2D eigenvalue weighted by Crippen LogP contribution is -2.53. The number of carboxylic acids is 1. The molecule has 0 aromatic carbocycles. The lowest BCUT2D eigenvalue weighted by Gasteiger charge is -2.33. The highest BCUT2D eigenvalue weighted by Crippen LogP contribution is 2.27. The van der Waals surface area contributed by atoms with Crippen LogP contribution in [0.25, 0.3) is 0 Å². The number of aliphatic carboxylic acids is 1. The molecule has 1 amide bonds. The fraction of sp³-hybridized carbons (Fsp3) is 0.833. The van der Waals surface area contributed by atoms with E-state index < -0.39 is 35.3 Å². The van der Waals surface area contributed by atoms with Gasteiger partial charge in [0.1, 0.15) is 5.60 Å². The van der Waals surface area contributed by atoms with Gasteiger partial charge in [-0.15, -0.1) is 0 Å². The van der Waals surface area contributed by atoms with E-state index in [1.165, 1.54) is 0 Å². The van der Waals surface area contributed by atoms with Crippen LogP contribution in [0.15, 0.2) is 0 Å². The standard InChI is InChI=1S/C18H31NO8/c1-5-25-15(22)18(14(20)21,26-13-7-11-24-12-8-13)9-6-10-19-16(23)27-17(2,3)4/h13H,5-12H2,1-4H3,(H,19,23)(H,20,21). The van der Waals surface area contributed by atoms with E-state index in [1.807, 2.05) is 0 Å². The Morgan fingerprint density at radius 1 is 1.19 bits per heavy atom. The Morgan fingerprint density at radius 2 is 1.81 bits per heavy atom. The van der Waals surface area contributed by atoms with Crippen molar-refractivity contribution in [1.82, 2.24) is 5.32 Å². The van der Waals surface area contributed by atoms with Crippen molar-refractivity contribution in [2.24, 2.45) is 0 Å². The Bertz CT molecular complexity index is 510. The number of carboxylic acid groups (broad SMARTS) is 1. The minimum atomic E-state index is -2.10. The van der Waals surface area contributed by atoms with Crippen molar-refractivity contribution in [2.45, 2.75) is 70.7 Å². The van der Waals surface area contributed by atoms with Gasteiger partial charge < -0.3 is 29.4 Å². The van der Waals surface area contributed by atoms with Gasteiger partial charge in [0, 0.05) is 26.2 Å². The van der Waals surface area contributed by atoms with Crippen LogP contribution in [0, 0.1) is 0 Å². The molecule has 0 spiro atoms. The van der Waals surface area contributed by atoms with Gasteiger partial charge in [-0.05, 0) is 47.0 Å². The maximum Gasteiger partial charge on any atom is 0.407 e. The summed E-state index contributed by atoms with van der Waals surface area (Å²) in [5.41, 5.74) is -2.74. The van der Waals surface area contributed by atoms with Gasteiger partial charge in [-0.25, -0.2) is 14.4 Å².